The number of fused-ring (bicyclic) bond motifs is 2. The smallest absolute Gasteiger partial charge is 0.255 e. The van der Waals surface area contributed by atoms with E-state index in [9.17, 15) is 8.78 Å². The lowest BCUT2D eigenvalue weighted by atomic mass is 10.1. The van der Waals surface area contributed by atoms with Gasteiger partial charge in [0.05, 0.1) is 12.1 Å². The molecule has 1 aliphatic rings. The Morgan fingerprint density at radius 1 is 1.28 bits per heavy atom. The van der Waals surface area contributed by atoms with Gasteiger partial charge < -0.3 is 14.8 Å². The van der Waals surface area contributed by atoms with Crippen molar-refractivity contribution in [2.45, 2.75) is 6.43 Å². The van der Waals surface area contributed by atoms with Crippen LogP contribution in [-0.4, -0.2) is 45.8 Å². The molecule has 0 amide bonds. The molecule has 0 aliphatic carbocycles. The number of aromatic nitrogens is 4. The number of hydrogen-bond donors (Lipinski definition) is 1. The Labute approximate surface area is 145 Å². The molecular weight excluding hydrogens is 356 g/mol. The van der Waals surface area contributed by atoms with Crippen LogP contribution in [0.5, 0.6) is 11.5 Å². The molecule has 4 rings (SSSR count). The molecule has 0 radical (unpaired) electrons. The number of hydrogen-bond acceptors (Lipinski definition) is 6. The van der Waals surface area contributed by atoms with Crippen molar-refractivity contribution >= 4 is 23.2 Å². The first-order chi connectivity index (χ1) is 12.1. The molecule has 0 unspecified atom stereocenters. The Bertz CT molecular complexity index is 934. The highest BCUT2D eigenvalue weighted by Crippen LogP contribution is 2.44. The van der Waals surface area contributed by atoms with Gasteiger partial charge in [-0.05, 0) is 6.07 Å². The number of rotatable bonds is 4. The van der Waals surface area contributed by atoms with Crippen molar-refractivity contribution < 1.29 is 18.3 Å². The van der Waals surface area contributed by atoms with Gasteiger partial charge in [-0.1, -0.05) is 23.7 Å². The summed E-state index contributed by atoms with van der Waals surface area (Å²) < 4.78 is 38.1. The number of para-hydroxylation sites is 1. The van der Waals surface area contributed by atoms with Gasteiger partial charge in [-0.2, -0.15) is 19.6 Å². The minimum Gasteiger partial charge on any atom is -0.486 e. The van der Waals surface area contributed by atoms with Crippen LogP contribution in [0, 0.1) is 0 Å². The molecule has 3 heterocycles. The second-order valence-corrected chi connectivity index (χ2v) is 5.56. The van der Waals surface area contributed by atoms with Crippen molar-refractivity contribution in [2.24, 2.45) is 0 Å². The van der Waals surface area contributed by atoms with Gasteiger partial charge >= 0.3 is 0 Å². The third-order valence-electron chi connectivity index (χ3n) is 3.64. The molecule has 0 saturated heterocycles. The molecule has 10 heteroatoms. The van der Waals surface area contributed by atoms with Gasteiger partial charge in [0.15, 0.2) is 11.5 Å². The quantitative estimate of drug-likeness (QED) is 0.715. The lowest BCUT2D eigenvalue weighted by molar-refractivity contribution is 0.163. The summed E-state index contributed by atoms with van der Waals surface area (Å²) >= 11 is 6.34. The fourth-order valence-electron chi connectivity index (χ4n) is 2.66. The third kappa shape index (κ3) is 2.80. The van der Waals surface area contributed by atoms with Gasteiger partial charge in [0, 0.05) is 5.56 Å². The Morgan fingerprint density at radius 3 is 2.96 bits per heavy atom. The van der Waals surface area contributed by atoms with E-state index in [1.807, 2.05) is 0 Å². The molecule has 25 heavy (non-hydrogen) atoms. The number of ether oxygens (including phenoxy) is 2. The lowest BCUT2D eigenvalue weighted by Crippen LogP contribution is -2.17. The second kappa shape index (κ2) is 6.32. The number of benzene rings is 1. The molecule has 0 fully saturated rings. The van der Waals surface area contributed by atoms with E-state index in [0.29, 0.717) is 35.8 Å². The predicted molar refractivity (Wildman–Crippen MR) is 86.7 cm³/mol. The normalized spacial score (nSPS) is 13.4. The summed E-state index contributed by atoms with van der Waals surface area (Å²) in [6.45, 7) is 0.232. The highest BCUT2D eigenvalue weighted by molar-refractivity contribution is 6.33. The summed E-state index contributed by atoms with van der Waals surface area (Å²) in [6.07, 6.45) is -1.28. The standard InChI is InChI=1S/C15H12ClF2N5O2/c16-13-11(8-2-1-3-9-12(8)25-5-4-24-9)14(19-6-10(17)18)23-15(22-13)20-7-21-23/h1-3,7,10,19H,4-6H2. The van der Waals surface area contributed by atoms with Gasteiger partial charge in [-0.3, -0.25) is 0 Å². The van der Waals surface area contributed by atoms with Crippen molar-refractivity contribution in [3.63, 3.8) is 0 Å². The van der Waals surface area contributed by atoms with Crippen LogP contribution >= 0.6 is 11.6 Å². The van der Waals surface area contributed by atoms with Crippen LogP contribution in [0.1, 0.15) is 0 Å². The zero-order chi connectivity index (χ0) is 17.4. The van der Waals surface area contributed by atoms with Crippen LogP contribution in [0.15, 0.2) is 24.5 Å². The lowest BCUT2D eigenvalue weighted by Gasteiger charge is -2.22. The highest BCUT2D eigenvalue weighted by atomic mass is 35.5. The maximum absolute atomic E-state index is 12.8. The average Bonchev–Trinajstić information content (AvgIpc) is 3.07. The second-order valence-electron chi connectivity index (χ2n) is 5.20. The summed E-state index contributed by atoms with van der Waals surface area (Å²) in [5.41, 5.74) is 0.964. The zero-order valence-corrected chi connectivity index (χ0v) is 13.5. The van der Waals surface area contributed by atoms with Crippen molar-refractivity contribution in [1.29, 1.82) is 0 Å². The first kappa shape index (κ1) is 15.8. The van der Waals surface area contributed by atoms with E-state index in [-0.39, 0.29) is 16.7 Å². The number of anilines is 1. The molecule has 0 bridgehead atoms. The van der Waals surface area contributed by atoms with Gasteiger partial charge in [0.25, 0.3) is 12.2 Å². The largest absolute Gasteiger partial charge is 0.486 e. The van der Waals surface area contributed by atoms with Crippen LogP contribution in [0.2, 0.25) is 5.15 Å². The third-order valence-corrected chi connectivity index (χ3v) is 3.92. The average molecular weight is 368 g/mol. The Balaban J connectivity index is 1.95. The van der Waals surface area contributed by atoms with E-state index < -0.39 is 13.0 Å². The highest BCUT2D eigenvalue weighted by Gasteiger charge is 2.24. The molecule has 1 aliphatic heterocycles. The van der Waals surface area contributed by atoms with E-state index in [1.54, 1.807) is 18.2 Å². The maximum atomic E-state index is 12.8. The topological polar surface area (TPSA) is 73.6 Å². The van der Waals surface area contributed by atoms with Crippen LogP contribution in [0.4, 0.5) is 14.6 Å². The summed E-state index contributed by atoms with van der Waals surface area (Å²) in [5.74, 6) is 1.50. The molecule has 130 valence electrons. The molecule has 1 aromatic carbocycles. The van der Waals surface area contributed by atoms with Gasteiger partial charge in [-0.15, -0.1) is 0 Å². The fourth-order valence-corrected chi connectivity index (χ4v) is 2.93. The van der Waals surface area contributed by atoms with Gasteiger partial charge in [0.2, 0.25) is 0 Å². The molecule has 0 atom stereocenters. The van der Waals surface area contributed by atoms with Crippen molar-refractivity contribution in [3.05, 3.63) is 29.7 Å². The number of nitrogens with zero attached hydrogens (tertiary/aromatic N) is 4. The Kier molecular flexibility index (Phi) is 4.00. The van der Waals surface area contributed by atoms with Gasteiger partial charge in [0.1, 0.15) is 30.5 Å². The van der Waals surface area contributed by atoms with Crippen LogP contribution in [-0.2, 0) is 0 Å². The van der Waals surface area contributed by atoms with Crippen LogP contribution in [0.3, 0.4) is 0 Å². The fraction of sp³-hybridized carbons (Fsp3) is 0.267. The molecule has 3 aromatic rings. The Hall–Kier alpha value is -2.68. The molecule has 0 spiro atoms. The number of alkyl halides is 2. The summed E-state index contributed by atoms with van der Waals surface area (Å²) in [4.78, 5) is 8.14. The van der Waals surface area contributed by atoms with Crippen molar-refractivity contribution in [1.82, 2.24) is 19.6 Å². The van der Waals surface area contributed by atoms with E-state index in [2.05, 4.69) is 20.4 Å². The Morgan fingerprint density at radius 2 is 2.12 bits per heavy atom. The number of nitrogens with one attached hydrogen (secondary N) is 1. The van der Waals surface area contributed by atoms with Gasteiger partial charge in [-0.25, -0.2) is 8.78 Å². The molecule has 0 saturated carbocycles. The SMILES string of the molecule is FC(F)CNc1c(-c2cccc3c2OCCO3)c(Cl)nc2ncnn12. The zero-order valence-electron chi connectivity index (χ0n) is 12.7. The van der Waals surface area contributed by atoms with E-state index >= 15 is 0 Å². The predicted octanol–water partition coefficient (Wildman–Crippen LogP) is 2.89. The molecule has 7 nitrogen and oxygen atoms in total. The minimum absolute atomic E-state index is 0.0971. The number of halogens is 3. The summed E-state index contributed by atoms with van der Waals surface area (Å²) in [6, 6.07) is 5.29. The van der Waals surface area contributed by atoms with E-state index in [1.165, 1.54) is 10.8 Å². The van der Waals surface area contributed by atoms with E-state index in [4.69, 9.17) is 21.1 Å². The molecular formula is C15H12ClF2N5O2. The van der Waals surface area contributed by atoms with Crippen molar-refractivity contribution in [2.75, 3.05) is 25.1 Å². The monoisotopic (exact) mass is 367 g/mol. The minimum atomic E-state index is -2.55. The maximum Gasteiger partial charge on any atom is 0.255 e. The first-order valence-corrected chi connectivity index (χ1v) is 7.83. The van der Waals surface area contributed by atoms with Crippen LogP contribution < -0.4 is 14.8 Å². The molecule has 1 N–H and O–H groups in total. The first-order valence-electron chi connectivity index (χ1n) is 7.45. The summed E-state index contributed by atoms with van der Waals surface area (Å²) in [7, 11) is 0. The van der Waals surface area contributed by atoms with E-state index in [0.717, 1.165) is 0 Å². The van der Waals surface area contributed by atoms with Crippen molar-refractivity contribution in [3.8, 4) is 22.6 Å². The van der Waals surface area contributed by atoms with Crippen LogP contribution in [0.25, 0.3) is 16.9 Å². The summed E-state index contributed by atoms with van der Waals surface area (Å²) in [5, 5.41) is 6.82. The molecule has 2 aromatic heterocycles.